The van der Waals surface area contributed by atoms with Crippen molar-refractivity contribution < 1.29 is 77.3 Å². The highest BCUT2D eigenvalue weighted by atomic mass is 16.4. The molecule has 17 N–H and O–H groups in total. The van der Waals surface area contributed by atoms with Gasteiger partial charge in [0, 0.05) is 0 Å². The fraction of sp³-hybridized carbons (Fsp3) is 0.785. The van der Waals surface area contributed by atoms with Crippen LogP contribution in [0.15, 0.2) is 0 Å². The minimum Gasteiger partial charge on any atom is -0.480 e. The monoisotopic (exact) mass is 1350 g/mol. The molecule has 544 valence electrons. The molecule has 0 aliphatic carbocycles. The number of aliphatic hydroxyl groups excluding tert-OH is 1. The predicted octanol–water partition coefficient (Wildman–Crippen LogP) is -0.512. The number of carboxylic acid groups (broad SMARTS) is 1. The normalized spacial score (nSPS) is 15.1. The van der Waals surface area contributed by atoms with Gasteiger partial charge in [0.15, 0.2) is 0 Å². The van der Waals surface area contributed by atoms with E-state index in [1.165, 1.54) is 0 Å². The Bertz CT molecular complexity index is 2560. The van der Waals surface area contributed by atoms with E-state index in [0.717, 1.165) is 0 Å². The van der Waals surface area contributed by atoms with E-state index in [0.29, 0.717) is 0 Å². The van der Waals surface area contributed by atoms with Gasteiger partial charge in [0.1, 0.15) is 60.4 Å². The molecule has 0 rings (SSSR count). The van der Waals surface area contributed by atoms with Gasteiger partial charge in [0.05, 0.1) is 32.3 Å². The molecule has 0 aromatic heterocycles. The zero-order chi connectivity index (χ0) is 73.5. The molecule has 0 saturated heterocycles. The number of rotatable bonds is 44. The molecular formula is C65H118N14O16. The van der Waals surface area contributed by atoms with E-state index < -0.39 is 187 Å². The first-order valence-electron chi connectivity index (χ1n) is 33.4. The van der Waals surface area contributed by atoms with Crippen LogP contribution in [0, 0.1) is 59.2 Å². The quantitative estimate of drug-likeness (QED) is 0.0365. The SMILES string of the molecule is CC(C)C[C@H](NC(=O)[C@H](CC(C)C)NC(=O)[C@H](CC(C)C)NC(=O)[C@@H](NC(=O)[C@H](CC(C)C)NC(=O)[C@H](CO)NC(=O)CNC(=O)[C@H](CC(C)C)NC(=O)[C@H](CC(C)C)NC(=O)CNC(=O)CNC(=O)[C@@H](NC(=O)[C@@H](NC(=O)[C@@H](N)C(C)C)C(C)C)C(C)C)C(C)C)C(=O)O. The summed E-state index contributed by atoms with van der Waals surface area (Å²) in [5.41, 5.74) is 5.97. The number of carbonyl (C=O) groups excluding carboxylic acids is 13. The Morgan fingerprint density at radius 3 is 0.884 bits per heavy atom. The van der Waals surface area contributed by atoms with E-state index in [-0.39, 0.29) is 85.9 Å². The third-order valence-electron chi connectivity index (χ3n) is 14.9. The molecule has 11 atom stereocenters. The lowest BCUT2D eigenvalue weighted by atomic mass is 9.97. The molecule has 0 aliphatic heterocycles. The van der Waals surface area contributed by atoms with Crippen LogP contribution in [0.3, 0.4) is 0 Å². The van der Waals surface area contributed by atoms with Crippen LogP contribution in [0.25, 0.3) is 0 Å². The van der Waals surface area contributed by atoms with Crippen LogP contribution in [0.1, 0.15) is 177 Å². The summed E-state index contributed by atoms with van der Waals surface area (Å²) in [5.74, 6) is -13.7. The standard InChI is InChI=1S/C65H118N14O16/c1-31(2)21-41(72-56(85)42(22-32(3)4)70-49(82)28-67-48(81)27-69-62(91)52(38(15)16)79-64(93)54(40(19)20)78-61(90)51(66)37(13)14)55(84)68-29-50(83)71-47(30-80)60(89)74-45(25-35(9)10)59(88)77-53(39(17)18)63(92)75-44(24-34(7)8)57(86)73-43(23-33(5)6)58(87)76-46(65(94)95)26-36(11)12/h31-47,51-54,80H,21-30,66H2,1-20H3,(H,67,81)(H,68,84)(H,69,91)(H,70,82)(H,71,83)(H,72,85)(H,73,86)(H,74,89)(H,75,92)(H,76,87)(H,77,88)(H,78,90)(H,79,93)(H,94,95)/t41-,42-,43-,44-,45-,46-,47-,51-,52-,53-,54-/m0/s1. The van der Waals surface area contributed by atoms with Gasteiger partial charge < -0.3 is 85.1 Å². The summed E-state index contributed by atoms with van der Waals surface area (Å²) < 4.78 is 0. The zero-order valence-corrected chi connectivity index (χ0v) is 59.9. The Hall–Kier alpha value is -7.50. The van der Waals surface area contributed by atoms with Gasteiger partial charge in [-0.2, -0.15) is 0 Å². The van der Waals surface area contributed by atoms with Crippen LogP contribution in [-0.4, -0.2) is 186 Å². The molecule has 13 amide bonds. The van der Waals surface area contributed by atoms with Crippen molar-refractivity contribution in [1.82, 2.24) is 69.1 Å². The van der Waals surface area contributed by atoms with E-state index >= 15 is 0 Å². The Balaban J connectivity index is 6.07. The third-order valence-corrected chi connectivity index (χ3v) is 14.9. The summed E-state index contributed by atoms with van der Waals surface area (Å²) in [6.45, 7) is 32.2. The maximum Gasteiger partial charge on any atom is 0.326 e. The minimum absolute atomic E-state index is 0.0240. The van der Waals surface area contributed by atoms with Crippen molar-refractivity contribution in [2.24, 2.45) is 64.9 Å². The Morgan fingerprint density at radius 1 is 0.274 bits per heavy atom. The molecule has 0 aromatic carbocycles. The Labute approximate surface area is 561 Å². The van der Waals surface area contributed by atoms with Gasteiger partial charge >= 0.3 is 5.97 Å². The van der Waals surface area contributed by atoms with Crippen molar-refractivity contribution in [3.8, 4) is 0 Å². The number of nitrogens with two attached hydrogens (primary N) is 1. The van der Waals surface area contributed by atoms with Crippen molar-refractivity contribution in [1.29, 1.82) is 0 Å². The van der Waals surface area contributed by atoms with Crippen molar-refractivity contribution in [3.63, 3.8) is 0 Å². The molecule has 0 unspecified atom stereocenters. The lowest BCUT2D eigenvalue weighted by Crippen LogP contribution is -2.61. The number of carbonyl (C=O) groups is 14. The molecule has 0 spiro atoms. The van der Waals surface area contributed by atoms with Gasteiger partial charge in [-0.25, -0.2) is 4.79 Å². The maximum absolute atomic E-state index is 14.1. The Morgan fingerprint density at radius 2 is 0.526 bits per heavy atom. The van der Waals surface area contributed by atoms with Crippen molar-refractivity contribution in [2.75, 3.05) is 26.2 Å². The second-order valence-electron chi connectivity index (χ2n) is 28.5. The van der Waals surface area contributed by atoms with E-state index in [1.807, 2.05) is 41.5 Å². The van der Waals surface area contributed by atoms with Crippen LogP contribution < -0.4 is 74.9 Å². The maximum atomic E-state index is 14.1. The highest BCUT2D eigenvalue weighted by Crippen LogP contribution is 2.16. The number of hydrogen-bond donors (Lipinski definition) is 16. The van der Waals surface area contributed by atoms with E-state index in [9.17, 15) is 77.3 Å². The molecule has 95 heavy (non-hydrogen) atoms. The number of nitrogens with one attached hydrogen (secondary N) is 13. The predicted molar refractivity (Wildman–Crippen MR) is 357 cm³/mol. The highest BCUT2D eigenvalue weighted by Gasteiger charge is 2.37. The summed E-state index contributed by atoms with van der Waals surface area (Å²) in [6, 6.07) is -13.3. The largest absolute Gasteiger partial charge is 0.480 e. The molecule has 30 nitrogen and oxygen atoms in total. The molecule has 0 radical (unpaired) electrons. The lowest BCUT2D eigenvalue weighted by Gasteiger charge is -2.30. The van der Waals surface area contributed by atoms with Gasteiger partial charge in [-0.05, 0) is 97.7 Å². The fourth-order valence-corrected chi connectivity index (χ4v) is 9.71. The second-order valence-corrected chi connectivity index (χ2v) is 28.5. The molecular weight excluding hydrogens is 1230 g/mol. The van der Waals surface area contributed by atoms with E-state index in [2.05, 4.69) is 69.1 Å². The summed E-state index contributed by atoms with van der Waals surface area (Å²) in [5, 5.41) is 53.4. The first-order chi connectivity index (χ1) is 43.9. The average molecular weight is 1350 g/mol. The van der Waals surface area contributed by atoms with Crippen LogP contribution in [0.5, 0.6) is 0 Å². The Kier molecular flexibility index (Phi) is 40.1. The molecule has 0 fully saturated rings. The zero-order valence-electron chi connectivity index (χ0n) is 59.9. The summed E-state index contributed by atoms with van der Waals surface area (Å²) in [6.07, 6.45) is 0.600. The number of aliphatic hydroxyl groups is 1. The van der Waals surface area contributed by atoms with Gasteiger partial charge in [-0.3, -0.25) is 62.3 Å². The first kappa shape index (κ1) is 87.5. The number of carboxylic acids is 1. The minimum atomic E-state index is -1.65. The van der Waals surface area contributed by atoms with Crippen molar-refractivity contribution in [3.05, 3.63) is 0 Å². The average Bonchev–Trinajstić information content (AvgIpc) is 0.885. The van der Waals surface area contributed by atoms with Crippen molar-refractivity contribution in [2.45, 2.75) is 243 Å². The second kappa shape index (κ2) is 43.5. The van der Waals surface area contributed by atoms with Crippen LogP contribution in [-0.2, 0) is 67.1 Å². The molecule has 30 heteroatoms. The van der Waals surface area contributed by atoms with E-state index in [1.54, 1.807) is 96.9 Å². The number of aliphatic carboxylic acids is 1. The fourth-order valence-electron chi connectivity index (χ4n) is 9.71. The topological polar surface area (TPSA) is 462 Å². The number of amides is 13. The van der Waals surface area contributed by atoms with Gasteiger partial charge in [-0.1, -0.05) is 138 Å². The van der Waals surface area contributed by atoms with Gasteiger partial charge in [0.25, 0.3) is 0 Å². The summed E-state index contributed by atoms with van der Waals surface area (Å²) in [7, 11) is 0. The third kappa shape index (κ3) is 34.7. The van der Waals surface area contributed by atoms with Gasteiger partial charge in [0.2, 0.25) is 76.8 Å². The molecule has 0 heterocycles. The van der Waals surface area contributed by atoms with Crippen molar-refractivity contribution >= 4 is 82.8 Å². The highest BCUT2D eigenvalue weighted by molar-refractivity contribution is 5.99. The molecule has 0 aliphatic rings. The molecule has 0 saturated carbocycles. The summed E-state index contributed by atoms with van der Waals surface area (Å²) >= 11 is 0. The van der Waals surface area contributed by atoms with Gasteiger partial charge in [-0.15, -0.1) is 0 Å². The number of hydrogen-bond acceptors (Lipinski definition) is 16. The lowest BCUT2D eigenvalue weighted by molar-refractivity contribution is -0.143. The van der Waals surface area contributed by atoms with E-state index in [4.69, 9.17) is 5.73 Å². The molecule has 0 aromatic rings. The van der Waals surface area contributed by atoms with Crippen LogP contribution in [0.4, 0.5) is 0 Å². The molecule has 0 bridgehead atoms. The van der Waals surface area contributed by atoms with Crippen LogP contribution >= 0.6 is 0 Å². The first-order valence-corrected chi connectivity index (χ1v) is 33.4. The van der Waals surface area contributed by atoms with Crippen LogP contribution in [0.2, 0.25) is 0 Å². The smallest absolute Gasteiger partial charge is 0.326 e. The summed E-state index contributed by atoms with van der Waals surface area (Å²) in [4.78, 5) is 188.